The maximum atomic E-state index is 6.38. The van der Waals surface area contributed by atoms with Crippen molar-refractivity contribution in [2.24, 2.45) is 5.73 Å². The second-order valence-electron chi connectivity index (χ2n) is 5.60. The molecule has 1 aliphatic heterocycles. The molecule has 2 nitrogen and oxygen atoms in total. The lowest BCUT2D eigenvalue weighted by molar-refractivity contribution is 0.154. The van der Waals surface area contributed by atoms with Crippen LogP contribution >= 0.6 is 11.3 Å². The highest BCUT2D eigenvalue weighted by Gasteiger charge is 2.29. The van der Waals surface area contributed by atoms with Gasteiger partial charge in [0.25, 0.3) is 0 Å². The summed E-state index contributed by atoms with van der Waals surface area (Å²) in [6, 6.07) is 2.81. The number of nitrogens with two attached hydrogens (primary N) is 1. The molecule has 0 spiro atoms. The van der Waals surface area contributed by atoms with Gasteiger partial charge in [0, 0.05) is 29.5 Å². The molecule has 3 heteroatoms. The van der Waals surface area contributed by atoms with Crippen molar-refractivity contribution in [1.82, 2.24) is 4.90 Å². The van der Waals surface area contributed by atoms with Gasteiger partial charge in [0.2, 0.25) is 0 Å². The van der Waals surface area contributed by atoms with Crippen LogP contribution in [0.2, 0.25) is 0 Å². The highest BCUT2D eigenvalue weighted by molar-refractivity contribution is 7.10. The molecular weight excluding hydrogens is 228 g/mol. The quantitative estimate of drug-likeness (QED) is 0.891. The lowest BCUT2D eigenvalue weighted by Gasteiger charge is -2.39. The van der Waals surface area contributed by atoms with E-state index in [4.69, 9.17) is 5.73 Å². The maximum absolute atomic E-state index is 6.38. The van der Waals surface area contributed by atoms with Gasteiger partial charge in [0.1, 0.15) is 0 Å². The van der Waals surface area contributed by atoms with Crippen molar-refractivity contribution in [2.45, 2.75) is 51.6 Å². The number of nitrogens with zero attached hydrogens (tertiary/aromatic N) is 1. The molecule has 0 bridgehead atoms. The van der Waals surface area contributed by atoms with Crippen LogP contribution in [0.15, 0.2) is 11.4 Å². The van der Waals surface area contributed by atoms with Crippen LogP contribution in [0.1, 0.15) is 50.1 Å². The number of hydrogen-bond donors (Lipinski definition) is 1. The Bertz CT molecular complexity index is 370. The summed E-state index contributed by atoms with van der Waals surface area (Å²) in [7, 11) is 0. The molecule has 0 fully saturated rings. The van der Waals surface area contributed by atoms with E-state index in [2.05, 4.69) is 37.1 Å². The third-order valence-corrected chi connectivity index (χ3v) is 4.79. The topological polar surface area (TPSA) is 29.3 Å². The van der Waals surface area contributed by atoms with Crippen molar-refractivity contribution in [3.63, 3.8) is 0 Å². The maximum Gasteiger partial charge on any atom is 0.0331 e. The molecule has 0 saturated carbocycles. The van der Waals surface area contributed by atoms with Crippen molar-refractivity contribution in [3.05, 3.63) is 21.9 Å². The predicted molar refractivity (Wildman–Crippen MR) is 75.5 cm³/mol. The largest absolute Gasteiger partial charge is 0.324 e. The predicted octanol–water partition coefficient (Wildman–Crippen LogP) is 3.18. The number of thiophene rings is 1. The van der Waals surface area contributed by atoms with E-state index in [-0.39, 0.29) is 5.54 Å². The summed E-state index contributed by atoms with van der Waals surface area (Å²) < 4.78 is 0. The molecule has 1 aromatic heterocycles. The zero-order valence-corrected chi connectivity index (χ0v) is 12.0. The Kier molecular flexibility index (Phi) is 3.91. The summed E-state index contributed by atoms with van der Waals surface area (Å²) in [5.74, 6) is 0. The van der Waals surface area contributed by atoms with E-state index in [9.17, 15) is 0 Å². The first-order chi connectivity index (χ1) is 8.03. The number of fused-ring (bicyclic) bond motifs is 1. The Balaban J connectivity index is 2.05. The molecule has 1 aliphatic rings. The molecule has 2 unspecified atom stereocenters. The van der Waals surface area contributed by atoms with E-state index in [1.807, 2.05) is 11.3 Å². The van der Waals surface area contributed by atoms with E-state index >= 15 is 0 Å². The van der Waals surface area contributed by atoms with Crippen LogP contribution in [0.4, 0.5) is 0 Å². The van der Waals surface area contributed by atoms with Crippen LogP contribution in [0.3, 0.4) is 0 Å². The first-order valence-electron chi connectivity index (χ1n) is 6.62. The second-order valence-corrected chi connectivity index (χ2v) is 6.60. The molecule has 17 heavy (non-hydrogen) atoms. The van der Waals surface area contributed by atoms with Gasteiger partial charge in [0.05, 0.1) is 0 Å². The Morgan fingerprint density at radius 3 is 3.06 bits per heavy atom. The van der Waals surface area contributed by atoms with Gasteiger partial charge in [-0.1, -0.05) is 13.3 Å². The standard InChI is InChI=1S/C14H24N2S/c1-4-7-14(3,15)10-16-8-5-13-12(11(16)2)6-9-17-13/h6,9,11H,4-5,7-8,10,15H2,1-3H3. The number of rotatable bonds is 4. The lowest BCUT2D eigenvalue weighted by Crippen LogP contribution is -2.49. The zero-order chi connectivity index (χ0) is 12.5. The summed E-state index contributed by atoms with van der Waals surface area (Å²) in [6.07, 6.45) is 3.46. The third kappa shape index (κ3) is 2.90. The average Bonchev–Trinajstić information content (AvgIpc) is 2.70. The Morgan fingerprint density at radius 1 is 1.59 bits per heavy atom. The molecule has 0 aliphatic carbocycles. The van der Waals surface area contributed by atoms with Gasteiger partial charge < -0.3 is 5.73 Å². The third-order valence-electron chi connectivity index (χ3n) is 3.79. The van der Waals surface area contributed by atoms with Crippen molar-refractivity contribution in [3.8, 4) is 0 Å². The van der Waals surface area contributed by atoms with Crippen LogP contribution in [0.5, 0.6) is 0 Å². The summed E-state index contributed by atoms with van der Waals surface area (Å²) >= 11 is 1.90. The van der Waals surface area contributed by atoms with Gasteiger partial charge in [-0.15, -0.1) is 11.3 Å². The van der Waals surface area contributed by atoms with Crippen LogP contribution in [0.25, 0.3) is 0 Å². The molecule has 2 N–H and O–H groups in total. The molecule has 0 saturated heterocycles. The normalized spacial score (nSPS) is 24.4. The molecule has 96 valence electrons. The summed E-state index contributed by atoms with van der Waals surface area (Å²) in [5, 5.41) is 2.22. The molecule has 0 aromatic carbocycles. The minimum absolute atomic E-state index is 0.0451. The molecule has 2 heterocycles. The average molecular weight is 252 g/mol. The van der Waals surface area contributed by atoms with Crippen LogP contribution in [0, 0.1) is 0 Å². The minimum Gasteiger partial charge on any atom is -0.324 e. The molecule has 0 radical (unpaired) electrons. The van der Waals surface area contributed by atoms with E-state index in [0.29, 0.717) is 6.04 Å². The van der Waals surface area contributed by atoms with Gasteiger partial charge in [-0.3, -0.25) is 4.90 Å². The SMILES string of the molecule is CCCC(C)(N)CN1CCc2sccc2C1C. The fraction of sp³-hybridized carbons (Fsp3) is 0.714. The van der Waals surface area contributed by atoms with Crippen molar-refractivity contribution in [2.75, 3.05) is 13.1 Å². The second kappa shape index (κ2) is 5.09. The summed E-state index contributed by atoms with van der Waals surface area (Å²) in [6.45, 7) is 8.88. The Morgan fingerprint density at radius 2 is 2.35 bits per heavy atom. The van der Waals surface area contributed by atoms with Crippen LogP contribution in [-0.2, 0) is 6.42 Å². The van der Waals surface area contributed by atoms with Crippen molar-refractivity contribution < 1.29 is 0 Å². The van der Waals surface area contributed by atoms with Crippen molar-refractivity contribution in [1.29, 1.82) is 0 Å². The van der Waals surface area contributed by atoms with Gasteiger partial charge in [-0.25, -0.2) is 0 Å². The van der Waals surface area contributed by atoms with E-state index < -0.39 is 0 Å². The first kappa shape index (κ1) is 13.1. The zero-order valence-electron chi connectivity index (χ0n) is 11.2. The smallest absolute Gasteiger partial charge is 0.0331 e. The van der Waals surface area contributed by atoms with E-state index in [1.165, 1.54) is 18.4 Å². The van der Waals surface area contributed by atoms with Gasteiger partial charge in [-0.05, 0) is 43.7 Å². The Hall–Kier alpha value is -0.380. The minimum atomic E-state index is -0.0451. The summed E-state index contributed by atoms with van der Waals surface area (Å²) in [4.78, 5) is 4.12. The van der Waals surface area contributed by atoms with E-state index in [1.54, 1.807) is 4.88 Å². The van der Waals surface area contributed by atoms with Crippen LogP contribution in [-0.4, -0.2) is 23.5 Å². The first-order valence-corrected chi connectivity index (χ1v) is 7.50. The molecule has 1 aromatic rings. The monoisotopic (exact) mass is 252 g/mol. The van der Waals surface area contributed by atoms with Gasteiger partial charge >= 0.3 is 0 Å². The van der Waals surface area contributed by atoms with Crippen LogP contribution < -0.4 is 5.73 Å². The number of hydrogen-bond acceptors (Lipinski definition) is 3. The summed E-state index contributed by atoms with van der Waals surface area (Å²) in [5.41, 5.74) is 7.85. The molecular formula is C14H24N2S. The molecule has 2 rings (SSSR count). The molecule has 2 atom stereocenters. The fourth-order valence-corrected chi connectivity index (χ4v) is 3.85. The van der Waals surface area contributed by atoms with E-state index in [0.717, 1.165) is 19.5 Å². The highest BCUT2D eigenvalue weighted by atomic mass is 32.1. The lowest BCUT2D eigenvalue weighted by atomic mass is 9.93. The fourth-order valence-electron chi connectivity index (χ4n) is 2.89. The van der Waals surface area contributed by atoms with Gasteiger partial charge in [-0.2, -0.15) is 0 Å². The highest BCUT2D eigenvalue weighted by Crippen LogP contribution is 2.33. The van der Waals surface area contributed by atoms with Gasteiger partial charge in [0.15, 0.2) is 0 Å². The Labute approximate surface area is 109 Å². The van der Waals surface area contributed by atoms with Crippen molar-refractivity contribution >= 4 is 11.3 Å². The molecule has 0 amide bonds.